The van der Waals surface area contributed by atoms with Gasteiger partial charge in [-0.15, -0.1) is 0 Å². The van der Waals surface area contributed by atoms with Gasteiger partial charge in [-0.3, -0.25) is 4.79 Å². The zero-order chi connectivity index (χ0) is 17.8. The monoisotopic (exact) mass is 350 g/mol. The van der Waals surface area contributed by atoms with E-state index in [2.05, 4.69) is 42.2 Å². The molecule has 0 aromatic heterocycles. The van der Waals surface area contributed by atoms with Crippen molar-refractivity contribution in [2.24, 2.45) is 27.9 Å². The van der Waals surface area contributed by atoms with Crippen LogP contribution in [0.4, 0.5) is 0 Å². The molecule has 6 rings (SSSR count). The number of hydrogen-bond donors (Lipinski definition) is 1. The smallest absolute Gasteiger partial charge is 0.229 e. The molecule has 2 bridgehead atoms. The average molecular weight is 351 g/mol. The molecule has 138 valence electrons. The lowest BCUT2D eigenvalue weighted by Gasteiger charge is -2.83. The molecule has 5 aliphatic rings. The number of nitrogens with zero attached hydrogens (tertiary/aromatic N) is 1. The third-order valence-corrected chi connectivity index (χ3v) is 9.41. The van der Waals surface area contributed by atoms with Crippen LogP contribution in [0.5, 0.6) is 0 Å². The van der Waals surface area contributed by atoms with E-state index >= 15 is 0 Å². The van der Waals surface area contributed by atoms with Crippen LogP contribution >= 0.6 is 0 Å². The lowest BCUT2D eigenvalue weighted by atomic mass is 9.19. The number of benzene rings is 1. The molecule has 0 radical (unpaired) electrons. The standard InChI is InChI=1S/C23H30N2O/c1-20-10-16-11-21(19(26)25-9-5-8-18(24)13-25)15-22(14-20,23(20,21)12-16)17-6-3-2-4-7-17/h2-4,6-7,16,18H,5,8-15,24H2,1H3. The quantitative estimate of drug-likeness (QED) is 0.888. The number of amides is 1. The van der Waals surface area contributed by atoms with Crippen molar-refractivity contribution in [2.45, 2.75) is 63.3 Å². The summed E-state index contributed by atoms with van der Waals surface area (Å²) in [6, 6.07) is 11.3. The minimum Gasteiger partial charge on any atom is -0.341 e. The number of rotatable bonds is 2. The molecule has 4 aliphatic carbocycles. The highest BCUT2D eigenvalue weighted by Crippen LogP contribution is 2.95. The summed E-state index contributed by atoms with van der Waals surface area (Å²) in [4.78, 5) is 16.0. The normalized spacial score (nSPS) is 50.8. The molecule has 1 spiro atoms. The van der Waals surface area contributed by atoms with Crippen LogP contribution in [0.2, 0.25) is 0 Å². The number of likely N-dealkylation sites (tertiary alicyclic amines) is 1. The van der Waals surface area contributed by atoms with Crippen LogP contribution in [0.3, 0.4) is 0 Å². The summed E-state index contributed by atoms with van der Waals surface area (Å²) < 4.78 is 0. The molecule has 1 aliphatic heterocycles. The molecular formula is C23H30N2O. The highest BCUT2D eigenvalue weighted by molar-refractivity contribution is 5.88. The fraction of sp³-hybridized carbons (Fsp3) is 0.696. The highest BCUT2D eigenvalue weighted by atomic mass is 16.2. The molecule has 1 amide bonds. The molecule has 1 aromatic rings. The Balaban J connectivity index is 1.43. The van der Waals surface area contributed by atoms with E-state index in [1.165, 1.54) is 24.8 Å². The van der Waals surface area contributed by atoms with Crippen molar-refractivity contribution in [3.8, 4) is 0 Å². The fourth-order valence-corrected chi connectivity index (χ4v) is 9.21. The zero-order valence-corrected chi connectivity index (χ0v) is 15.8. The topological polar surface area (TPSA) is 46.3 Å². The summed E-state index contributed by atoms with van der Waals surface area (Å²) in [6.45, 7) is 4.19. The molecule has 26 heavy (non-hydrogen) atoms. The molecule has 1 heterocycles. The summed E-state index contributed by atoms with van der Waals surface area (Å²) in [5.41, 5.74) is 8.49. The summed E-state index contributed by atoms with van der Waals surface area (Å²) in [5, 5.41) is 0. The SMILES string of the molecule is CC12CC3CC4(C(=O)N5CCCC(N)C5)CC(c5ccccc5)(C1)C24C3. The van der Waals surface area contributed by atoms with E-state index < -0.39 is 0 Å². The van der Waals surface area contributed by atoms with Crippen LogP contribution in [0, 0.1) is 22.2 Å². The molecule has 1 aromatic carbocycles. The van der Waals surface area contributed by atoms with Crippen molar-refractivity contribution in [3.05, 3.63) is 35.9 Å². The van der Waals surface area contributed by atoms with Crippen molar-refractivity contribution in [2.75, 3.05) is 13.1 Å². The van der Waals surface area contributed by atoms with E-state index in [0.29, 0.717) is 11.3 Å². The second kappa shape index (κ2) is 4.55. The van der Waals surface area contributed by atoms with E-state index in [9.17, 15) is 4.79 Å². The summed E-state index contributed by atoms with van der Waals surface area (Å²) in [6.07, 6.45) is 8.27. The van der Waals surface area contributed by atoms with Gasteiger partial charge in [-0.25, -0.2) is 0 Å². The van der Waals surface area contributed by atoms with Gasteiger partial charge in [-0.2, -0.15) is 0 Å². The van der Waals surface area contributed by atoms with Gasteiger partial charge in [-0.05, 0) is 61.8 Å². The Labute approximate surface area is 156 Å². The predicted octanol–water partition coefficient (Wildman–Crippen LogP) is 3.47. The Morgan fingerprint density at radius 1 is 1.15 bits per heavy atom. The van der Waals surface area contributed by atoms with Crippen molar-refractivity contribution in [1.29, 1.82) is 0 Å². The molecule has 6 atom stereocenters. The molecule has 1 saturated heterocycles. The van der Waals surface area contributed by atoms with E-state index in [1.54, 1.807) is 0 Å². The number of carbonyl (C=O) groups excluding carboxylic acids is 1. The first kappa shape index (κ1) is 15.7. The van der Waals surface area contributed by atoms with Gasteiger partial charge >= 0.3 is 0 Å². The second-order valence-corrected chi connectivity index (χ2v) is 10.5. The van der Waals surface area contributed by atoms with E-state index in [1.807, 2.05) is 0 Å². The third kappa shape index (κ3) is 1.41. The molecule has 3 heteroatoms. The lowest BCUT2D eigenvalue weighted by Crippen LogP contribution is -2.83. The third-order valence-electron chi connectivity index (χ3n) is 9.41. The molecular weight excluding hydrogens is 320 g/mol. The summed E-state index contributed by atoms with van der Waals surface area (Å²) >= 11 is 0. The van der Waals surface area contributed by atoms with Gasteiger partial charge in [-0.1, -0.05) is 37.3 Å². The number of hydrogen-bond acceptors (Lipinski definition) is 2. The maximum absolute atomic E-state index is 13.9. The Morgan fingerprint density at radius 3 is 2.69 bits per heavy atom. The van der Waals surface area contributed by atoms with Gasteiger partial charge in [0.15, 0.2) is 0 Å². The van der Waals surface area contributed by atoms with E-state index in [4.69, 9.17) is 5.73 Å². The van der Waals surface area contributed by atoms with Gasteiger partial charge in [0.2, 0.25) is 5.91 Å². The highest BCUT2D eigenvalue weighted by Gasteiger charge is 2.93. The van der Waals surface area contributed by atoms with Crippen molar-refractivity contribution in [3.63, 3.8) is 0 Å². The largest absolute Gasteiger partial charge is 0.341 e. The number of carbonyl (C=O) groups is 1. The molecule has 3 nitrogen and oxygen atoms in total. The van der Waals surface area contributed by atoms with Crippen molar-refractivity contribution >= 4 is 5.91 Å². The van der Waals surface area contributed by atoms with Gasteiger partial charge < -0.3 is 10.6 Å². The van der Waals surface area contributed by atoms with E-state index in [-0.39, 0.29) is 22.3 Å². The Bertz CT molecular complexity index is 793. The summed E-state index contributed by atoms with van der Waals surface area (Å²) in [5.74, 6) is 1.22. The minimum atomic E-state index is -0.0875. The Kier molecular flexibility index (Phi) is 2.74. The fourth-order valence-electron chi connectivity index (χ4n) is 9.21. The van der Waals surface area contributed by atoms with Crippen LogP contribution in [-0.2, 0) is 10.2 Å². The van der Waals surface area contributed by atoms with Crippen LogP contribution in [0.15, 0.2) is 30.3 Å². The van der Waals surface area contributed by atoms with Gasteiger partial charge in [0.05, 0.1) is 5.41 Å². The first-order valence-electron chi connectivity index (χ1n) is 10.6. The zero-order valence-electron chi connectivity index (χ0n) is 15.8. The van der Waals surface area contributed by atoms with Crippen LogP contribution < -0.4 is 5.73 Å². The summed E-state index contributed by atoms with van der Waals surface area (Å²) in [7, 11) is 0. The number of fused-ring (bicyclic) bond motifs is 1. The van der Waals surface area contributed by atoms with E-state index in [0.717, 1.165) is 44.7 Å². The Hall–Kier alpha value is -1.35. The molecule has 5 fully saturated rings. The number of nitrogens with two attached hydrogens (primary N) is 1. The van der Waals surface area contributed by atoms with Crippen LogP contribution in [-0.4, -0.2) is 29.9 Å². The molecule has 6 unspecified atom stereocenters. The van der Waals surface area contributed by atoms with Crippen molar-refractivity contribution < 1.29 is 4.79 Å². The Morgan fingerprint density at radius 2 is 1.96 bits per heavy atom. The first-order chi connectivity index (χ1) is 12.5. The second-order valence-electron chi connectivity index (χ2n) is 10.5. The van der Waals surface area contributed by atoms with Gasteiger partial charge in [0.25, 0.3) is 0 Å². The maximum atomic E-state index is 13.9. The first-order valence-corrected chi connectivity index (χ1v) is 10.6. The molecule has 4 saturated carbocycles. The minimum absolute atomic E-state index is 0.0875. The predicted molar refractivity (Wildman–Crippen MR) is 101 cm³/mol. The average Bonchev–Trinajstić information content (AvgIpc) is 3.08. The number of piperidine rings is 1. The van der Waals surface area contributed by atoms with Crippen LogP contribution in [0.25, 0.3) is 0 Å². The van der Waals surface area contributed by atoms with Crippen molar-refractivity contribution in [1.82, 2.24) is 4.90 Å². The lowest BCUT2D eigenvalue weighted by molar-refractivity contribution is -0.306. The van der Waals surface area contributed by atoms with Gasteiger partial charge in [0.1, 0.15) is 0 Å². The van der Waals surface area contributed by atoms with Crippen LogP contribution in [0.1, 0.15) is 57.4 Å². The molecule has 2 N–H and O–H groups in total. The van der Waals surface area contributed by atoms with Gasteiger partial charge in [0, 0.05) is 30.0 Å². The maximum Gasteiger partial charge on any atom is 0.229 e.